The molecule has 7 nitrogen and oxygen atoms in total. The predicted molar refractivity (Wildman–Crippen MR) is 111 cm³/mol. The Labute approximate surface area is 166 Å². The number of nitrogens with two attached hydrogens (primary N) is 1. The molecule has 8 heteroatoms. The molecule has 4 aromatic rings. The highest BCUT2D eigenvalue weighted by atomic mass is 32.1. The van der Waals surface area contributed by atoms with Crippen molar-refractivity contribution in [3.05, 3.63) is 41.9 Å². The Bertz CT molecular complexity index is 1150. The zero-order chi connectivity index (χ0) is 19.8. The van der Waals surface area contributed by atoms with Crippen molar-refractivity contribution >= 4 is 32.8 Å². The van der Waals surface area contributed by atoms with Crippen LogP contribution in [0, 0.1) is 6.92 Å². The van der Waals surface area contributed by atoms with Crippen molar-refractivity contribution in [2.75, 3.05) is 19.5 Å². The van der Waals surface area contributed by atoms with Gasteiger partial charge in [-0.25, -0.2) is 9.50 Å². The Hall–Kier alpha value is -2.68. The second-order valence-electron chi connectivity index (χ2n) is 6.77. The number of benzene rings is 1. The number of nitrogens with zero attached hydrogens (tertiary/aromatic N) is 3. The van der Waals surface area contributed by atoms with Crippen LogP contribution >= 0.6 is 11.3 Å². The van der Waals surface area contributed by atoms with Crippen LogP contribution in [-0.4, -0.2) is 39.5 Å². The molecule has 0 radical (unpaired) electrons. The van der Waals surface area contributed by atoms with Crippen LogP contribution in [0.2, 0.25) is 0 Å². The van der Waals surface area contributed by atoms with Crippen molar-refractivity contribution in [2.24, 2.45) is 0 Å². The number of ether oxygens (including phenoxy) is 2. The third-order valence-electron chi connectivity index (χ3n) is 4.65. The molecule has 146 valence electrons. The number of nitrogen functional groups attached to an aromatic ring is 1. The van der Waals surface area contributed by atoms with E-state index in [1.807, 2.05) is 19.2 Å². The Kier molecular flexibility index (Phi) is 4.92. The van der Waals surface area contributed by atoms with Gasteiger partial charge in [0.1, 0.15) is 17.6 Å². The number of hydrogen-bond donors (Lipinski definition) is 2. The van der Waals surface area contributed by atoms with Gasteiger partial charge in [0, 0.05) is 22.2 Å². The molecule has 0 amide bonds. The molecule has 4 rings (SSSR count). The second kappa shape index (κ2) is 7.38. The number of rotatable bonds is 6. The number of thiophene rings is 1. The van der Waals surface area contributed by atoms with Crippen LogP contribution < -0.4 is 10.5 Å². The van der Waals surface area contributed by atoms with Crippen LogP contribution in [0.4, 0.5) is 5.82 Å². The fourth-order valence-corrected chi connectivity index (χ4v) is 4.51. The van der Waals surface area contributed by atoms with Crippen molar-refractivity contribution in [3.63, 3.8) is 0 Å². The summed E-state index contributed by atoms with van der Waals surface area (Å²) in [6, 6.07) is 6.31. The predicted octanol–water partition coefficient (Wildman–Crippen LogP) is 3.41. The summed E-state index contributed by atoms with van der Waals surface area (Å²) in [7, 11) is 1.68. The first-order valence-electron chi connectivity index (χ1n) is 8.93. The highest BCUT2D eigenvalue weighted by Gasteiger charge is 2.20. The van der Waals surface area contributed by atoms with Gasteiger partial charge in [0.25, 0.3) is 0 Å². The fraction of sp³-hybridized carbons (Fsp3) is 0.300. The Balaban J connectivity index is 1.92. The van der Waals surface area contributed by atoms with Crippen LogP contribution in [0.5, 0.6) is 5.75 Å². The molecule has 0 saturated heterocycles. The van der Waals surface area contributed by atoms with Gasteiger partial charge in [0.15, 0.2) is 5.82 Å². The lowest BCUT2D eigenvalue weighted by atomic mass is 10.1. The van der Waals surface area contributed by atoms with Gasteiger partial charge < -0.3 is 20.3 Å². The standard InChI is InChI=1S/C20H22N4O3S/c1-11-4-13-6-16(28-19(13)15(5-11)26-3)17-14(9-27-12(2)8-25)7-24-18(17)20(21)22-10-23-24/h4-7,10,12,25H,8-9H2,1-3H3,(H2,21,22,23). The van der Waals surface area contributed by atoms with E-state index >= 15 is 0 Å². The van der Waals surface area contributed by atoms with E-state index in [0.717, 1.165) is 42.9 Å². The largest absolute Gasteiger partial charge is 0.495 e. The van der Waals surface area contributed by atoms with Gasteiger partial charge in [-0.2, -0.15) is 5.10 Å². The molecule has 3 aromatic heterocycles. The molecule has 0 saturated carbocycles. The Morgan fingerprint density at radius 1 is 1.32 bits per heavy atom. The number of hydrogen-bond acceptors (Lipinski definition) is 7. The lowest BCUT2D eigenvalue weighted by Crippen LogP contribution is -2.12. The molecule has 1 aromatic carbocycles. The van der Waals surface area contributed by atoms with Crippen molar-refractivity contribution < 1.29 is 14.6 Å². The maximum Gasteiger partial charge on any atom is 0.152 e. The first-order valence-corrected chi connectivity index (χ1v) is 9.75. The minimum Gasteiger partial charge on any atom is -0.495 e. The third kappa shape index (κ3) is 3.19. The minimum absolute atomic E-state index is 0.0377. The first-order chi connectivity index (χ1) is 13.5. The van der Waals surface area contributed by atoms with Crippen molar-refractivity contribution in [2.45, 2.75) is 26.6 Å². The quantitative estimate of drug-likeness (QED) is 0.517. The Morgan fingerprint density at radius 2 is 2.14 bits per heavy atom. The molecule has 0 bridgehead atoms. The van der Waals surface area contributed by atoms with Crippen molar-refractivity contribution in [3.8, 4) is 16.2 Å². The molecule has 1 unspecified atom stereocenters. The topological polar surface area (TPSA) is 94.9 Å². The van der Waals surface area contributed by atoms with Crippen molar-refractivity contribution in [1.82, 2.24) is 14.6 Å². The first kappa shape index (κ1) is 18.7. The molecule has 1 atom stereocenters. The smallest absolute Gasteiger partial charge is 0.152 e. The molecule has 0 fully saturated rings. The lowest BCUT2D eigenvalue weighted by Gasteiger charge is -2.10. The summed E-state index contributed by atoms with van der Waals surface area (Å²) in [5, 5.41) is 14.7. The van der Waals surface area contributed by atoms with Gasteiger partial charge in [-0.15, -0.1) is 11.3 Å². The highest BCUT2D eigenvalue weighted by molar-refractivity contribution is 7.22. The number of fused-ring (bicyclic) bond motifs is 2. The minimum atomic E-state index is -0.260. The van der Waals surface area contributed by atoms with Crippen LogP contribution in [-0.2, 0) is 11.3 Å². The number of anilines is 1. The molecule has 0 spiro atoms. The summed E-state index contributed by atoms with van der Waals surface area (Å²) in [6.07, 6.45) is 3.08. The molecular formula is C20H22N4O3S. The number of aromatic nitrogens is 3. The van der Waals surface area contributed by atoms with E-state index < -0.39 is 0 Å². The van der Waals surface area contributed by atoms with Gasteiger partial charge in [0.05, 0.1) is 31.1 Å². The zero-order valence-electron chi connectivity index (χ0n) is 16.0. The number of methoxy groups -OCH3 is 1. The summed E-state index contributed by atoms with van der Waals surface area (Å²) in [6.45, 7) is 4.18. The van der Waals surface area contributed by atoms with E-state index in [-0.39, 0.29) is 12.7 Å². The molecular weight excluding hydrogens is 376 g/mol. The SMILES string of the molecule is COc1cc(C)cc2cc(-c3c(COC(C)CO)cn4ncnc(N)c34)sc12. The normalized spacial score (nSPS) is 12.7. The van der Waals surface area contributed by atoms with E-state index in [9.17, 15) is 5.11 Å². The average Bonchev–Trinajstić information content (AvgIpc) is 3.26. The van der Waals surface area contributed by atoms with E-state index in [0.29, 0.717) is 12.4 Å². The number of aliphatic hydroxyl groups excluding tert-OH is 1. The van der Waals surface area contributed by atoms with Gasteiger partial charge in [-0.3, -0.25) is 0 Å². The maximum absolute atomic E-state index is 9.28. The summed E-state index contributed by atoms with van der Waals surface area (Å²) in [5.41, 5.74) is 9.97. The molecule has 0 aliphatic heterocycles. The summed E-state index contributed by atoms with van der Waals surface area (Å²) in [5.74, 6) is 1.26. The van der Waals surface area contributed by atoms with E-state index in [1.165, 1.54) is 6.33 Å². The van der Waals surface area contributed by atoms with E-state index in [2.05, 4.69) is 29.1 Å². The fourth-order valence-electron chi connectivity index (χ4n) is 3.29. The molecule has 3 heterocycles. The van der Waals surface area contributed by atoms with Crippen LogP contribution in [0.15, 0.2) is 30.7 Å². The average molecular weight is 398 g/mol. The van der Waals surface area contributed by atoms with Crippen molar-refractivity contribution in [1.29, 1.82) is 0 Å². The Morgan fingerprint density at radius 3 is 2.89 bits per heavy atom. The van der Waals surface area contributed by atoms with Gasteiger partial charge in [-0.1, -0.05) is 6.07 Å². The van der Waals surface area contributed by atoms with E-state index in [4.69, 9.17) is 15.2 Å². The van der Waals surface area contributed by atoms with Gasteiger partial charge in [0.2, 0.25) is 0 Å². The van der Waals surface area contributed by atoms with Gasteiger partial charge >= 0.3 is 0 Å². The number of aliphatic hydroxyl groups is 1. The molecule has 28 heavy (non-hydrogen) atoms. The second-order valence-corrected chi connectivity index (χ2v) is 7.82. The van der Waals surface area contributed by atoms with Crippen LogP contribution in [0.25, 0.3) is 26.0 Å². The maximum atomic E-state index is 9.28. The van der Waals surface area contributed by atoms with Crippen LogP contribution in [0.1, 0.15) is 18.1 Å². The summed E-state index contributed by atoms with van der Waals surface area (Å²) < 4.78 is 14.2. The van der Waals surface area contributed by atoms with Gasteiger partial charge in [-0.05, 0) is 36.9 Å². The molecule has 3 N–H and O–H groups in total. The monoisotopic (exact) mass is 398 g/mol. The lowest BCUT2D eigenvalue weighted by molar-refractivity contribution is 0.0147. The molecule has 0 aliphatic rings. The van der Waals surface area contributed by atoms with Crippen LogP contribution in [0.3, 0.4) is 0 Å². The zero-order valence-corrected chi connectivity index (χ0v) is 16.8. The number of aryl methyl sites for hydroxylation is 1. The summed E-state index contributed by atoms with van der Waals surface area (Å²) >= 11 is 1.64. The van der Waals surface area contributed by atoms with E-state index in [1.54, 1.807) is 23.0 Å². The summed E-state index contributed by atoms with van der Waals surface area (Å²) in [4.78, 5) is 5.20. The molecule has 0 aliphatic carbocycles. The third-order valence-corrected chi connectivity index (χ3v) is 5.84. The highest BCUT2D eigenvalue weighted by Crippen LogP contribution is 2.43.